The average molecular weight is 264 g/mol. The molecule has 0 aromatic carbocycles. The van der Waals surface area contributed by atoms with Crippen LogP contribution in [0.5, 0.6) is 0 Å². The Bertz CT molecular complexity index is 332. The van der Waals surface area contributed by atoms with E-state index < -0.39 is 10.0 Å². The second kappa shape index (κ2) is 6.13. The highest BCUT2D eigenvalue weighted by molar-refractivity contribution is 7.89. The highest BCUT2D eigenvalue weighted by atomic mass is 32.2. The third-order valence-electron chi connectivity index (χ3n) is 3.46. The summed E-state index contributed by atoms with van der Waals surface area (Å²) in [5, 5.41) is 3.30. The van der Waals surface area contributed by atoms with Gasteiger partial charge >= 0.3 is 0 Å². The van der Waals surface area contributed by atoms with Crippen LogP contribution >= 0.6 is 0 Å². The van der Waals surface area contributed by atoms with Crippen LogP contribution in [-0.4, -0.2) is 46.0 Å². The van der Waals surface area contributed by atoms with Crippen molar-refractivity contribution >= 4 is 10.0 Å². The molecule has 0 aliphatic carbocycles. The molecule has 102 valence electrons. The Morgan fingerprint density at radius 3 is 2.76 bits per heavy atom. The molecule has 1 saturated heterocycles. The van der Waals surface area contributed by atoms with E-state index in [4.69, 9.17) is 4.74 Å². The van der Waals surface area contributed by atoms with Gasteiger partial charge in [0.15, 0.2) is 0 Å². The molecule has 2 N–H and O–H groups in total. The molecule has 0 aromatic rings. The van der Waals surface area contributed by atoms with Crippen molar-refractivity contribution in [1.29, 1.82) is 0 Å². The van der Waals surface area contributed by atoms with Crippen LogP contribution in [0.1, 0.15) is 33.1 Å². The van der Waals surface area contributed by atoms with Gasteiger partial charge in [0.1, 0.15) is 0 Å². The third-order valence-corrected chi connectivity index (χ3v) is 4.82. The second-order valence-electron chi connectivity index (χ2n) is 4.82. The molecule has 0 radical (unpaired) electrons. The molecular weight excluding hydrogens is 240 g/mol. The molecule has 2 atom stereocenters. The molecule has 0 saturated carbocycles. The first-order chi connectivity index (χ1) is 7.91. The lowest BCUT2D eigenvalue weighted by molar-refractivity contribution is -0.0776. The Hall–Kier alpha value is -0.170. The average Bonchev–Trinajstić information content (AvgIpc) is 2.29. The van der Waals surface area contributed by atoms with Crippen LogP contribution in [-0.2, 0) is 14.8 Å². The van der Waals surface area contributed by atoms with Gasteiger partial charge in [-0.15, -0.1) is 0 Å². The third kappa shape index (κ3) is 4.91. The van der Waals surface area contributed by atoms with Crippen LogP contribution in [0.25, 0.3) is 0 Å². The van der Waals surface area contributed by atoms with Crippen LogP contribution in [0.2, 0.25) is 0 Å². The van der Waals surface area contributed by atoms with E-state index in [2.05, 4.69) is 23.9 Å². The van der Waals surface area contributed by atoms with Crippen LogP contribution in [0, 0.1) is 0 Å². The van der Waals surface area contributed by atoms with Gasteiger partial charge < -0.3 is 10.1 Å². The van der Waals surface area contributed by atoms with Crippen molar-refractivity contribution in [2.45, 2.75) is 44.8 Å². The quantitative estimate of drug-likeness (QED) is 0.732. The first-order valence-corrected chi connectivity index (χ1v) is 7.84. The van der Waals surface area contributed by atoms with E-state index in [0.717, 1.165) is 25.9 Å². The molecule has 1 fully saturated rings. The minimum atomic E-state index is -3.10. The zero-order valence-electron chi connectivity index (χ0n) is 11.0. The van der Waals surface area contributed by atoms with E-state index >= 15 is 0 Å². The fraction of sp³-hybridized carbons (Fsp3) is 1.00. The maximum Gasteiger partial charge on any atom is 0.212 e. The topological polar surface area (TPSA) is 67.4 Å². The molecular formula is C11H24N2O3S. The van der Waals surface area contributed by atoms with E-state index in [1.807, 2.05) is 0 Å². The molecule has 0 spiro atoms. The number of nitrogens with one attached hydrogen (secondary N) is 2. The van der Waals surface area contributed by atoms with E-state index in [9.17, 15) is 8.42 Å². The Morgan fingerprint density at radius 2 is 2.18 bits per heavy atom. The molecule has 1 rings (SSSR count). The van der Waals surface area contributed by atoms with E-state index in [1.54, 1.807) is 0 Å². The van der Waals surface area contributed by atoms with Gasteiger partial charge in [0.05, 0.1) is 11.4 Å². The summed E-state index contributed by atoms with van der Waals surface area (Å²) in [5.74, 6) is 0.129. The Morgan fingerprint density at radius 1 is 1.47 bits per heavy atom. The number of ether oxygens (including phenoxy) is 1. The van der Waals surface area contributed by atoms with Crippen molar-refractivity contribution < 1.29 is 13.2 Å². The Labute approximate surface area is 104 Å². The summed E-state index contributed by atoms with van der Waals surface area (Å²) in [6.07, 6.45) is 2.89. The zero-order chi connectivity index (χ0) is 12.9. The molecule has 0 aromatic heterocycles. The lowest BCUT2D eigenvalue weighted by atomic mass is 9.90. The predicted octanol–water partition coefficient (Wildman–Crippen LogP) is 0.473. The molecule has 6 heteroatoms. The normalized spacial score (nSPS) is 30.4. The number of hydrogen-bond donors (Lipinski definition) is 2. The molecule has 1 aliphatic rings. The minimum Gasteiger partial charge on any atom is -0.375 e. The highest BCUT2D eigenvalue weighted by Gasteiger charge is 2.31. The van der Waals surface area contributed by atoms with E-state index in [-0.39, 0.29) is 11.4 Å². The molecule has 2 unspecified atom stereocenters. The summed E-state index contributed by atoms with van der Waals surface area (Å²) in [4.78, 5) is 0. The van der Waals surface area contributed by atoms with Gasteiger partial charge in [-0.05, 0) is 33.2 Å². The summed E-state index contributed by atoms with van der Waals surface area (Å²) in [5.41, 5.74) is -0.0577. The van der Waals surface area contributed by atoms with Gasteiger partial charge in [0.2, 0.25) is 10.0 Å². The molecule has 5 nitrogen and oxygen atoms in total. The summed E-state index contributed by atoms with van der Waals surface area (Å²) < 4.78 is 30.6. The zero-order valence-corrected chi connectivity index (χ0v) is 11.8. The largest absolute Gasteiger partial charge is 0.375 e. The standard InChI is InChI=1S/C11H24N2O3S/c1-4-11(2)9-10(5-7-16-11)13-6-8-17(14,15)12-3/h10,12-13H,4-9H2,1-3H3. The number of rotatable bonds is 6. The van der Waals surface area contributed by atoms with Crippen LogP contribution < -0.4 is 10.0 Å². The molecule has 1 heterocycles. The lowest BCUT2D eigenvalue weighted by Gasteiger charge is -2.38. The fourth-order valence-electron chi connectivity index (χ4n) is 2.05. The van der Waals surface area contributed by atoms with E-state index in [1.165, 1.54) is 7.05 Å². The summed E-state index contributed by atoms with van der Waals surface area (Å²) in [6.45, 7) is 5.48. The van der Waals surface area contributed by atoms with Gasteiger partial charge in [-0.25, -0.2) is 13.1 Å². The highest BCUT2D eigenvalue weighted by Crippen LogP contribution is 2.27. The van der Waals surface area contributed by atoms with Gasteiger partial charge in [-0.3, -0.25) is 0 Å². The van der Waals surface area contributed by atoms with Crippen molar-refractivity contribution in [2.75, 3.05) is 26.0 Å². The van der Waals surface area contributed by atoms with Crippen molar-refractivity contribution in [3.05, 3.63) is 0 Å². The summed E-state index contributed by atoms with van der Waals surface area (Å²) >= 11 is 0. The van der Waals surface area contributed by atoms with Gasteiger partial charge in [0.25, 0.3) is 0 Å². The minimum absolute atomic E-state index is 0.0577. The van der Waals surface area contributed by atoms with Gasteiger partial charge in [-0.2, -0.15) is 0 Å². The SMILES string of the molecule is CCC1(C)CC(NCCS(=O)(=O)NC)CCO1. The number of sulfonamides is 1. The van der Waals surface area contributed by atoms with Crippen LogP contribution in [0.3, 0.4) is 0 Å². The summed E-state index contributed by atoms with van der Waals surface area (Å²) in [6, 6.07) is 0.362. The Kier molecular flexibility index (Phi) is 5.37. The van der Waals surface area contributed by atoms with Gasteiger partial charge in [-0.1, -0.05) is 6.92 Å². The lowest BCUT2D eigenvalue weighted by Crippen LogP contribution is -2.46. The van der Waals surface area contributed by atoms with Crippen molar-refractivity contribution in [3.8, 4) is 0 Å². The van der Waals surface area contributed by atoms with E-state index in [0.29, 0.717) is 12.6 Å². The number of hydrogen-bond acceptors (Lipinski definition) is 4. The van der Waals surface area contributed by atoms with Crippen molar-refractivity contribution in [1.82, 2.24) is 10.0 Å². The predicted molar refractivity (Wildman–Crippen MR) is 68.5 cm³/mol. The smallest absolute Gasteiger partial charge is 0.212 e. The molecule has 17 heavy (non-hydrogen) atoms. The molecule has 1 aliphatic heterocycles. The first-order valence-electron chi connectivity index (χ1n) is 6.19. The summed E-state index contributed by atoms with van der Waals surface area (Å²) in [7, 11) is -1.66. The fourth-order valence-corrected chi connectivity index (χ4v) is 2.64. The maximum absolute atomic E-state index is 11.2. The maximum atomic E-state index is 11.2. The van der Waals surface area contributed by atoms with Crippen LogP contribution in [0.15, 0.2) is 0 Å². The van der Waals surface area contributed by atoms with Crippen molar-refractivity contribution in [2.24, 2.45) is 0 Å². The second-order valence-corrected chi connectivity index (χ2v) is 6.86. The van der Waals surface area contributed by atoms with Gasteiger partial charge in [0, 0.05) is 19.2 Å². The monoisotopic (exact) mass is 264 g/mol. The first kappa shape index (κ1) is 14.9. The molecule has 0 amide bonds. The Balaban J connectivity index is 2.33. The molecule has 0 bridgehead atoms. The van der Waals surface area contributed by atoms with Crippen molar-refractivity contribution in [3.63, 3.8) is 0 Å². The van der Waals surface area contributed by atoms with Crippen LogP contribution in [0.4, 0.5) is 0 Å².